The first-order chi connectivity index (χ1) is 9.51. The van der Waals surface area contributed by atoms with Gasteiger partial charge in [0, 0.05) is 18.2 Å². The molecule has 1 aromatic rings. The molecule has 4 nitrogen and oxygen atoms in total. The standard InChI is InChI=1S/C14H17F2NO3/c1-17-14(9-3-4-9,13(18)19-2)8-20-12-6-10(15)5-11(16)7-12/h5-7,9,17H,3-4,8H2,1-2H3. The van der Waals surface area contributed by atoms with Gasteiger partial charge in [-0.2, -0.15) is 0 Å². The van der Waals surface area contributed by atoms with E-state index in [2.05, 4.69) is 5.32 Å². The Labute approximate surface area is 116 Å². The van der Waals surface area contributed by atoms with Crippen LogP contribution in [-0.2, 0) is 9.53 Å². The van der Waals surface area contributed by atoms with Crippen molar-refractivity contribution in [3.05, 3.63) is 29.8 Å². The number of nitrogens with one attached hydrogen (secondary N) is 1. The van der Waals surface area contributed by atoms with Gasteiger partial charge in [-0.3, -0.25) is 0 Å². The maximum absolute atomic E-state index is 13.1. The minimum absolute atomic E-state index is 0.0380. The van der Waals surface area contributed by atoms with Crippen LogP contribution in [0.2, 0.25) is 0 Å². The molecule has 2 rings (SSSR count). The number of likely N-dealkylation sites (N-methyl/N-ethyl adjacent to an activating group) is 1. The van der Waals surface area contributed by atoms with Crippen LogP contribution < -0.4 is 10.1 Å². The number of ether oxygens (including phenoxy) is 2. The van der Waals surface area contributed by atoms with Gasteiger partial charge in [0.05, 0.1) is 7.11 Å². The molecule has 0 aromatic heterocycles. The fourth-order valence-electron chi connectivity index (χ4n) is 2.29. The summed E-state index contributed by atoms with van der Waals surface area (Å²) in [6.45, 7) is -0.0380. The largest absolute Gasteiger partial charge is 0.491 e. The molecule has 110 valence electrons. The number of rotatable bonds is 6. The smallest absolute Gasteiger partial charge is 0.329 e. The summed E-state index contributed by atoms with van der Waals surface area (Å²) in [5, 5.41) is 2.94. The summed E-state index contributed by atoms with van der Waals surface area (Å²) < 4.78 is 36.4. The van der Waals surface area contributed by atoms with Gasteiger partial charge in [-0.15, -0.1) is 0 Å². The number of hydrogen-bond acceptors (Lipinski definition) is 4. The Kier molecular flexibility index (Phi) is 4.23. The first kappa shape index (κ1) is 14.7. The summed E-state index contributed by atoms with van der Waals surface area (Å²) in [6, 6.07) is 2.92. The molecule has 1 aromatic carbocycles. The highest BCUT2D eigenvalue weighted by molar-refractivity contribution is 5.82. The lowest BCUT2D eigenvalue weighted by Crippen LogP contribution is -2.57. The number of methoxy groups -OCH3 is 1. The highest BCUT2D eigenvalue weighted by atomic mass is 19.1. The molecule has 1 aliphatic rings. The minimum Gasteiger partial charge on any atom is -0.491 e. The van der Waals surface area contributed by atoms with Crippen LogP contribution in [0.4, 0.5) is 8.78 Å². The Morgan fingerprint density at radius 1 is 1.35 bits per heavy atom. The molecule has 0 bridgehead atoms. The van der Waals surface area contributed by atoms with E-state index in [1.165, 1.54) is 7.11 Å². The van der Waals surface area contributed by atoms with Crippen LogP contribution in [0, 0.1) is 17.6 Å². The van der Waals surface area contributed by atoms with Crippen LogP contribution in [0.15, 0.2) is 18.2 Å². The van der Waals surface area contributed by atoms with Gasteiger partial charge in [0.1, 0.15) is 24.0 Å². The Morgan fingerprint density at radius 3 is 2.40 bits per heavy atom. The van der Waals surface area contributed by atoms with Crippen molar-refractivity contribution in [3.63, 3.8) is 0 Å². The van der Waals surface area contributed by atoms with Gasteiger partial charge in [0.2, 0.25) is 0 Å². The SMILES string of the molecule is CNC(COc1cc(F)cc(F)c1)(C(=O)OC)C1CC1. The van der Waals surface area contributed by atoms with Gasteiger partial charge in [-0.05, 0) is 25.8 Å². The second-order valence-corrected chi connectivity index (χ2v) is 4.88. The number of esters is 1. The van der Waals surface area contributed by atoms with E-state index in [-0.39, 0.29) is 18.3 Å². The Bertz CT molecular complexity index is 485. The number of benzene rings is 1. The summed E-state index contributed by atoms with van der Waals surface area (Å²) in [6.07, 6.45) is 1.77. The molecule has 20 heavy (non-hydrogen) atoms. The van der Waals surface area contributed by atoms with E-state index in [9.17, 15) is 13.6 Å². The molecule has 1 aliphatic carbocycles. The first-order valence-electron chi connectivity index (χ1n) is 6.38. The molecule has 0 spiro atoms. The van der Waals surface area contributed by atoms with Crippen LogP contribution in [0.25, 0.3) is 0 Å². The fraction of sp³-hybridized carbons (Fsp3) is 0.500. The van der Waals surface area contributed by atoms with Gasteiger partial charge in [0.25, 0.3) is 0 Å². The lowest BCUT2D eigenvalue weighted by molar-refractivity contribution is -0.151. The van der Waals surface area contributed by atoms with Crippen LogP contribution in [0.3, 0.4) is 0 Å². The molecule has 1 saturated carbocycles. The lowest BCUT2D eigenvalue weighted by atomic mass is 9.94. The molecule has 0 saturated heterocycles. The van der Waals surface area contributed by atoms with Crippen molar-refractivity contribution in [2.45, 2.75) is 18.4 Å². The third-order valence-electron chi connectivity index (χ3n) is 3.57. The molecule has 1 fully saturated rings. The maximum Gasteiger partial charge on any atom is 0.329 e. The lowest BCUT2D eigenvalue weighted by Gasteiger charge is -2.30. The Morgan fingerprint density at radius 2 is 1.95 bits per heavy atom. The third-order valence-corrected chi connectivity index (χ3v) is 3.57. The quantitative estimate of drug-likeness (QED) is 0.811. The molecule has 0 amide bonds. The van der Waals surface area contributed by atoms with E-state index < -0.39 is 23.1 Å². The highest BCUT2D eigenvalue weighted by Gasteiger charge is 2.51. The van der Waals surface area contributed by atoms with Crippen molar-refractivity contribution in [3.8, 4) is 5.75 Å². The van der Waals surface area contributed by atoms with Crippen LogP contribution in [0.5, 0.6) is 5.75 Å². The number of carbonyl (C=O) groups excluding carboxylic acids is 1. The van der Waals surface area contributed by atoms with E-state index in [0.717, 1.165) is 31.0 Å². The van der Waals surface area contributed by atoms with Crippen molar-refractivity contribution >= 4 is 5.97 Å². The average molecular weight is 285 g/mol. The monoisotopic (exact) mass is 285 g/mol. The minimum atomic E-state index is -0.975. The summed E-state index contributed by atoms with van der Waals surface area (Å²) in [5.41, 5.74) is -0.975. The van der Waals surface area contributed by atoms with Crippen molar-refractivity contribution in [1.29, 1.82) is 0 Å². The van der Waals surface area contributed by atoms with E-state index in [0.29, 0.717) is 0 Å². The molecule has 0 aliphatic heterocycles. The molecular weight excluding hydrogens is 268 g/mol. The van der Waals surface area contributed by atoms with Crippen LogP contribution in [0.1, 0.15) is 12.8 Å². The summed E-state index contributed by atoms with van der Waals surface area (Å²) in [5.74, 6) is -1.72. The highest BCUT2D eigenvalue weighted by Crippen LogP contribution is 2.40. The van der Waals surface area contributed by atoms with Crippen LogP contribution >= 0.6 is 0 Å². The topological polar surface area (TPSA) is 47.6 Å². The van der Waals surface area contributed by atoms with Crippen molar-refractivity contribution in [2.24, 2.45) is 5.92 Å². The predicted octanol–water partition coefficient (Wildman–Crippen LogP) is 1.88. The van der Waals surface area contributed by atoms with Crippen molar-refractivity contribution < 1.29 is 23.0 Å². The van der Waals surface area contributed by atoms with Gasteiger partial charge in [0.15, 0.2) is 5.54 Å². The summed E-state index contributed by atoms with van der Waals surface area (Å²) in [4.78, 5) is 12.0. The second-order valence-electron chi connectivity index (χ2n) is 4.88. The number of hydrogen-bond donors (Lipinski definition) is 1. The zero-order valence-corrected chi connectivity index (χ0v) is 11.4. The second kappa shape index (κ2) is 5.75. The molecule has 1 atom stereocenters. The molecular formula is C14H17F2NO3. The van der Waals surface area contributed by atoms with Gasteiger partial charge >= 0.3 is 5.97 Å². The van der Waals surface area contributed by atoms with E-state index in [1.807, 2.05) is 0 Å². The third kappa shape index (κ3) is 2.90. The van der Waals surface area contributed by atoms with Gasteiger partial charge < -0.3 is 14.8 Å². The number of carbonyl (C=O) groups is 1. The molecule has 0 radical (unpaired) electrons. The zero-order valence-electron chi connectivity index (χ0n) is 11.4. The van der Waals surface area contributed by atoms with Gasteiger partial charge in [-0.25, -0.2) is 13.6 Å². The summed E-state index contributed by atoms with van der Waals surface area (Å²) in [7, 11) is 2.95. The van der Waals surface area contributed by atoms with Crippen LogP contribution in [-0.4, -0.2) is 32.3 Å². The summed E-state index contributed by atoms with van der Waals surface area (Å²) >= 11 is 0. The maximum atomic E-state index is 13.1. The Hall–Kier alpha value is -1.69. The number of halogens is 2. The van der Waals surface area contributed by atoms with E-state index in [1.54, 1.807) is 7.05 Å². The average Bonchev–Trinajstić information content (AvgIpc) is 3.23. The van der Waals surface area contributed by atoms with Crippen molar-refractivity contribution in [1.82, 2.24) is 5.32 Å². The Balaban J connectivity index is 2.14. The normalized spacial score (nSPS) is 17.4. The predicted molar refractivity (Wildman–Crippen MR) is 68.4 cm³/mol. The molecule has 0 heterocycles. The fourth-order valence-corrected chi connectivity index (χ4v) is 2.29. The first-order valence-corrected chi connectivity index (χ1v) is 6.38. The zero-order chi connectivity index (χ0) is 14.8. The van der Waals surface area contributed by atoms with E-state index in [4.69, 9.17) is 9.47 Å². The van der Waals surface area contributed by atoms with Gasteiger partial charge in [-0.1, -0.05) is 0 Å². The molecule has 1 unspecified atom stereocenters. The molecule has 6 heteroatoms. The van der Waals surface area contributed by atoms with E-state index >= 15 is 0 Å². The van der Waals surface area contributed by atoms with Crippen molar-refractivity contribution in [2.75, 3.05) is 20.8 Å². The molecule has 1 N–H and O–H groups in total.